The van der Waals surface area contributed by atoms with Gasteiger partial charge in [0.2, 0.25) is 0 Å². The van der Waals surface area contributed by atoms with Crippen LogP contribution in [0.2, 0.25) is 0 Å². The number of hydrogen-bond acceptors (Lipinski definition) is 3. The Bertz CT molecular complexity index is 550. The molecule has 0 aliphatic carbocycles. The summed E-state index contributed by atoms with van der Waals surface area (Å²) in [7, 11) is 0. The van der Waals surface area contributed by atoms with Gasteiger partial charge in [0, 0.05) is 10.5 Å². The SMILES string of the molecule is Cc1c(C(C)N)nnn1-c1ccc(Br)cc1F. The van der Waals surface area contributed by atoms with Gasteiger partial charge in [-0.25, -0.2) is 9.07 Å². The van der Waals surface area contributed by atoms with Crippen LogP contribution in [-0.4, -0.2) is 15.0 Å². The summed E-state index contributed by atoms with van der Waals surface area (Å²) in [5, 5.41) is 7.89. The molecule has 4 nitrogen and oxygen atoms in total. The highest BCUT2D eigenvalue weighted by Gasteiger charge is 2.15. The predicted molar refractivity (Wildman–Crippen MR) is 66.4 cm³/mol. The van der Waals surface area contributed by atoms with Gasteiger partial charge in [-0.2, -0.15) is 0 Å². The molecule has 1 heterocycles. The summed E-state index contributed by atoms with van der Waals surface area (Å²) >= 11 is 3.21. The van der Waals surface area contributed by atoms with Crippen molar-refractivity contribution in [1.82, 2.24) is 15.0 Å². The lowest BCUT2D eigenvalue weighted by Gasteiger charge is -2.06. The van der Waals surface area contributed by atoms with Crippen LogP contribution in [0.5, 0.6) is 0 Å². The average Bonchev–Trinajstić information content (AvgIpc) is 2.60. The van der Waals surface area contributed by atoms with Gasteiger partial charge in [-0.1, -0.05) is 21.1 Å². The fourth-order valence-electron chi connectivity index (χ4n) is 1.64. The van der Waals surface area contributed by atoms with Crippen molar-refractivity contribution in [2.75, 3.05) is 0 Å². The molecule has 6 heteroatoms. The van der Waals surface area contributed by atoms with E-state index in [4.69, 9.17) is 5.73 Å². The second-order valence-corrected chi connectivity index (χ2v) is 4.77. The summed E-state index contributed by atoms with van der Waals surface area (Å²) in [4.78, 5) is 0. The van der Waals surface area contributed by atoms with Crippen molar-refractivity contribution in [2.45, 2.75) is 19.9 Å². The van der Waals surface area contributed by atoms with Crippen LogP contribution < -0.4 is 5.73 Å². The number of halogens is 2. The summed E-state index contributed by atoms with van der Waals surface area (Å²) < 4.78 is 15.9. The van der Waals surface area contributed by atoms with Crippen LogP contribution >= 0.6 is 15.9 Å². The minimum Gasteiger partial charge on any atom is -0.323 e. The van der Waals surface area contributed by atoms with Crippen molar-refractivity contribution in [2.24, 2.45) is 5.73 Å². The van der Waals surface area contributed by atoms with Gasteiger partial charge in [-0.05, 0) is 32.0 Å². The Morgan fingerprint density at radius 3 is 2.71 bits per heavy atom. The lowest BCUT2D eigenvalue weighted by molar-refractivity contribution is 0.604. The number of rotatable bonds is 2. The molecule has 2 N–H and O–H groups in total. The Labute approximate surface area is 107 Å². The van der Waals surface area contributed by atoms with Crippen LogP contribution in [-0.2, 0) is 0 Å². The van der Waals surface area contributed by atoms with Gasteiger partial charge in [-0.15, -0.1) is 5.10 Å². The second-order valence-electron chi connectivity index (χ2n) is 3.86. The zero-order valence-electron chi connectivity index (χ0n) is 9.48. The maximum absolute atomic E-state index is 13.8. The highest BCUT2D eigenvalue weighted by molar-refractivity contribution is 9.10. The van der Waals surface area contributed by atoms with Gasteiger partial charge in [0.05, 0.1) is 5.69 Å². The number of nitrogens with two attached hydrogens (primary N) is 1. The van der Waals surface area contributed by atoms with Crippen molar-refractivity contribution in [1.29, 1.82) is 0 Å². The maximum atomic E-state index is 13.8. The molecule has 2 aromatic rings. The van der Waals surface area contributed by atoms with Crippen LogP contribution in [0.3, 0.4) is 0 Å². The summed E-state index contributed by atoms with van der Waals surface area (Å²) in [6, 6.07) is 4.57. The van der Waals surface area contributed by atoms with E-state index < -0.39 is 0 Å². The van der Waals surface area contributed by atoms with Crippen molar-refractivity contribution < 1.29 is 4.39 Å². The van der Waals surface area contributed by atoms with Crippen LogP contribution in [0, 0.1) is 12.7 Å². The minimum absolute atomic E-state index is 0.220. The molecule has 0 saturated heterocycles. The summed E-state index contributed by atoms with van der Waals surface area (Å²) in [6.07, 6.45) is 0. The molecule has 90 valence electrons. The third-order valence-electron chi connectivity index (χ3n) is 2.50. The topological polar surface area (TPSA) is 56.7 Å². The van der Waals surface area contributed by atoms with E-state index in [0.717, 1.165) is 5.69 Å². The molecule has 0 saturated carbocycles. The molecule has 0 amide bonds. The molecule has 1 unspecified atom stereocenters. The molecule has 17 heavy (non-hydrogen) atoms. The average molecular weight is 299 g/mol. The normalized spacial score (nSPS) is 12.8. The Balaban J connectivity index is 2.54. The van der Waals surface area contributed by atoms with Crippen molar-refractivity contribution >= 4 is 15.9 Å². The van der Waals surface area contributed by atoms with E-state index in [1.54, 1.807) is 12.1 Å². The maximum Gasteiger partial charge on any atom is 0.150 e. The van der Waals surface area contributed by atoms with E-state index in [1.165, 1.54) is 10.7 Å². The van der Waals surface area contributed by atoms with Gasteiger partial charge >= 0.3 is 0 Å². The highest BCUT2D eigenvalue weighted by Crippen LogP contribution is 2.21. The molecule has 1 aromatic carbocycles. The van der Waals surface area contributed by atoms with E-state index in [0.29, 0.717) is 15.9 Å². The highest BCUT2D eigenvalue weighted by atomic mass is 79.9. The molecule has 0 aliphatic rings. The Morgan fingerprint density at radius 1 is 1.47 bits per heavy atom. The van der Waals surface area contributed by atoms with Crippen LogP contribution in [0.25, 0.3) is 5.69 Å². The lowest BCUT2D eigenvalue weighted by atomic mass is 10.2. The number of nitrogens with zero attached hydrogens (tertiary/aromatic N) is 3. The van der Waals surface area contributed by atoms with E-state index >= 15 is 0 Å². The van der Waals surface area contributed by atoms with Gasteiger partial charge < -0.3 is 5.73 Å². The molecule has 1 aromatic heterocycles. The monoisotopic (exact) mass is 298 g/mol. The fraction of sp³-hybridized carbons (Fsp3) is 0.273. The third-order valence-corrected chi connectivity index (χ3v) is 2.99. The van der Waals surface area contributed by atoms with E-state index in [-0.39, 0.29) is 11.9 Å². The van der Waals surface area contributed by atoms with Gasteiger partial charge in [0.25, 0.3) is 0 Å². The molecule has 0 bridgehead atoms. The first-order chi connectivity index (χ1) is 8.00. The quantitative estimate of drug-likeness (QED) is 0.927. The molecule has 0 fully saturated rings. The summed E-state index contributed by atoms with van der Waals surface area (Å²) in [6.45, 7) is 3.64. The zero-order valence-corrected chi connectivity index (χ0v) is 11.1. The van der Waals surface area contributed by atoms with Gasteiger partial charge in [-0.3, -0.25) is 0 Å². The van der Waals surface area contributed by atoms with Crippen LogP contribution in [0.15, 0.2) is 22.7 Å². The van der Waals surface area contributed by atoms with Gasteiger partial charge in [0.15, 0.2) is 0 Å². The molecule has 0 aliphatic heterocycles. The fourth-order valence-corrected chi connectivity index (χ4v) is 1.98. The first kappa shape index (κ1) is 12.2. The van der Waals surface area contributed by atoms with Crippen LogP contribution in [0.1, 0.15) is 24.4 Å². The van der Waals surface area contributed by atoms with Crippen LogP contribution in [0.4, 0.5) is 4.39 Å². The standard InChI is InChI=1S/C11H12BrFN4/c1-6(14)11-7(2)17(16-15-11)10-4-3-8(12)5-9(10)13/h3-6H,14H2,1-2H3. The Morgan fingerprint density at radius 2 is 2.18 bits per heavy atom. The van der Waals surface area contributed by atoms with Gasteiger partial charge in [0.1, 0.15) is 17.2 Å². The second kappa shape index (κ2) is 4.54. The molecular weight excluding hydrogens is 287 g/mol. The van der Waals surface area contributed by atoms with Crippen molar-refractivity contribution in [3.05, 3.63) is 39.9 Å². The Kier molecular flexibility index (Phi) is 3.26. The van der Waals surface area contributed by atoms with E-state index in [2.05, 4.69) is 26.2 Å². The summed E-state index contributed by atoms with van der Waals surface area (Å²) in [5.74, 6) is -0.358. The molecular formula is C11H12BrFN4. The molecule has 0 spiro atoms. The van der Waals surface area contributed by atoms with E-state index in [9.17, 15) is 4.39 Å². The number of aromatic nitrogens is 3. The third kappa shape index (κ3) is 2.23. The lowest BCUT2D eigenvalue weighted by Crippen LogP contribution is -2.08. The first-order valence-corrected chi connectivity index (χ1v) is 5.93. The zero-order chi connectivity index (χ0) is 12.6. The number of benzene rings is 1. The molecule has 0 radical (unpaired) electrons. The van der Waals surface area contributed by atoms with Crippen molar-refractivity contribution in [3.8, 4) is 5.69 Å². The minimum atomic E-state index is -0.358. The Hall–Kier alpha value is -1.27. The molecule has 2 rings (SSSR count). The summed E-state index contributed by atoms with van der Waals surface area (Å²) in [5.41, 5.74) is 7.54. The van der Waals surface area contributed by atoms with E-state index in [1.807, 2.05) is 13.8 Å². The predicted octanol–water partition coefficient (Wildman–Crippen LogP) is 2.50. The largest absolute Gasteiger partial charge is 0.323 e. The number of hydrogen-bond donors (Lipinski definition) is 1. The smallest absolute Gasteiger partial charge is 0.150 e. The molecule has 1 atom stereocenters. The van der Waals surface area contributed by atoms with Crippen molar-refractivity contribution in [3.63, 3.8) is 0 Å². The first-order valence-electron chi connectivity index (χ1n) is 5.14.